The lowest BCUT2D eigenvalue weighted by Gasteiger charge is -2.38. The second-order valence-electron chi connectivity index (χ2n) is 9.38. The molecular weight excluding hydrogens is 428 g/mol. The molecule has 0 spiro atoms. The number of hydrogen-bond acceptors (Lipinski definition) is 3. The number of nitrogens with zero attached hydrogens (tertiary/aromatic N) is 3. The van der Waals surface area contributed by atoms with E-state index in [1.807, 2.05) is 35.8 Å². The number of nitrogens with one attached hydrogen (secondary N) is 1. The number of amides is 2. The van der Waals surface area contributed by atoms with Gasteiger partial charge in [-0.1, -0.05) is 25.4 Å². The second kappa shape index (κ2) is 9.69. The van der Waals surface area contributed by atoms with Gasteiger partial charge in [0.05, 0.1) is 11.0 Å². The smallest absolute Gasteiger partial charge is 0.326 e. The molecule has 1 aromatic heterocycles. The van der Waals surface area contributed by atoms with Crippen LogP contribution in [0, 0.1) is 17.8 Å². The number of carbonyl (C=O) groups is 2. The molecule has 8 heteroatoms. The molecule has 2 amide bonds. The number of piperazine rings is 1. The van der Waals surface area contributed by atoms with Crippen molar-refractivity contribution in [2.45, 2.75) is 52.5 Å². The van der Waals surface area contributed by atoms with Gasteiger partial charge >= 0.3 is 5.69 Å². The fourth-order valence-electron chi connectivity index (χ4n) is 5.05. The zero-order chi connectivity index (χ0) is 22.8. The molecule has 7 nitrogen and oxygen atoms in total. The minimum atomic E-state index is -0.106. The minimum Gasteiger partial charge on any atom is -0.339 e. The highest BCUT2D eigenvalue weighted by atomic mass is 35.5. The summed E-state index contributed by atoms with van der Waals surface area (Å²) in [7, 11) is 0. The standard InChI is InChI=1S/C24H33ClN4O3/c1-3-16(2)22(30)27-10-12-28(13-11-27)23(31)18-6-4-17(5-7-18)15-29-21-14-19(25)8-9-20(21)26-24(29)32/h8-9,14,16-18H,3-7,10-13,15H2,1-2H3,(H,26,32). The van der Waals surface area contributed by atoms with Crippen molar-refractivity contribution in [2.75, 3.05) is 26.2 Å². The highest BCUT2D eigenvalue weighted by Gasteiger charge is 2.32. The van der Waals surface area contributed by atoms with E-state index in [1.54, 1.807) is 10.6 Å². The molecule has 32 heavy (non-hydrogen) atoms. The third-order valence-corrected chi connectivity index (χ3v) is 7.55. The molecule has 2 aliphatic rings. The van der Waals surface area contributed by atoms with E-state index in [2.05, 4.69) is 4.98 Å². The monoisotopic (exact) mass is 460 g/mol. The molecule has 1 saturated carbocycles. The van der Waals surface area contributed by atoms with E-state index in [1.165, 1.54) is 0 Å². The molecule has 1 N–H and O–H groups in total. The van der Waals surface area contributed by atoms with Crippen LogP contribution in [0.4, 0.5) is 0 Å². The highest BCUT2D eigenvalue weighted by molar-refractivity contribution is 6.31. The third-order valence-electron chi connectivity index (χ3n) is 7.31. The number of H-pyrrole nitrogens is 1. The van der Waals surface area contributed by atoms with Gasteiger partial charge in [-0.05, 0) is 56.2 Å². The van der Waals surface area contributed by atoms with E-state index < -0.39 is 0 Å². The van der Waals surface area contributed by atoms with Crippen molar-refractivity contribution in [3.8, 4) is 0 Å². The number of rotatable bonds is 5. The summed E-state index contributed by atoms with van der Waals surface area (Å²) in [4.78, 5) is 44.6. The Morgan fingerprint density at radius 1 is 1.09 bits per heavy atom. The van der Waals surface area contributed by atoms with Gasteiger partial charge in [-0.25, -0.2) is 4.79 Å². The molecule has 2 aromatic rings. The maximum Gasteiger partial charge on any atom is 0.326 e. The second-order valence-corrected chi connectivity index (χ2v) is 9.82. The quantitative estimate of drug-likeness (QED) is 0.741. The van der Waals surface area contributed by atoms with Gasteiger partial charge in [-0.15, -0.1) is 0 Å². The van der Waals surface area contributed by atoms with Gasteiger partial charge in [0.15, 0.2) is 0 Å². The van der Waals surface area contributed by atoms with Crippen LogP contribution in [0.25, 0.3) is 11.0 Å². The van der Waals surface area contributed by atoms with Crippen molar-refractivity contribution in [1.29, 1.82) is 0 Å². The zero-order valence-electron chi connectivity index (χ0n) is 19.0. The van der Waals surface area contributed by atoms with E-state index in [9.17, 15) is 14.4 Å². The average molecular weight is 461 g/mol. The van der Waals surface area contributed by atoms with Crippen LogP contribution < -0.4 is 5.69 Å². The van der Waals surface area contributed by atoms with Crippen molar-refractivity contribution in [1.82, 2.24) is 19.4 Å². The van der Waals surface area contributed by atoms with Crippen LogP contribution in [0.1, 0.15) is 46.0 Å². The van der Waals surface area contributed by atoms with Crippen LogP contribution in [0.3, 0.4) is 0 Å². The molecule has 1 aliphatic carbocycles. The molecule has 1 saturated heterocycles. The first-order valence-corrected chi connectivity index (χ1v) is 12.2. The Labute approximate surface area is 193 Å². The van der Waals surface area contributed by atoms with Crippen molar-refractivity contribution >= 4 is 34.4 Å². The Bertz CT molecular complexity index is 1030. The summed E-state index contributed by atoms with van der Waals surface area (Å²) in [5, 5.41) is 0.616. The summed E-state index contributed by atoms with van der Waals surface area (Å²) in [6.07, 6.45) is 4.42. The van der Waals surface area contributed by atoms with Crippen LogP contribution in [0.5, 0.6) is 0 Å². The van der Waals surface area contributed by atoms with Crippen LogP contribution in [-0.4, -0.2) is 57.3 Å². The topological polar surface area (TPSA) is 78.4 Å². The molecule has 1 atom stereocenters. The number of benzene rings is 1. The fourth-order valence-corrected chi connectivity index (χ4v) is 5.22. The van der Waals surface area contributed by atoms with Gasteiger partial charge < -0.3 is 14.8 Å². The molecule has 0 bridgehead atoms. The number of carbonyl (C=O) groups excluding carboxylic acids is 2. The third kappa shape index (κ3) is 4.72. The number of imidazole rings is 1. The van der Waals surface area contributed by atoms with E-state index in [4.69, 9.17) is 11.6 Å². The molecule has 1 unspecified atom stereocenters. The highest BCUT2D eigenvalue weighted by Crippen LogP contribution is 2.32. The van der Waals surface area contributed by atoms with E-state index in [-0.39, 0.29) is 29.3 Å². The van der Waals surface area contributed by atoms with Gasteiger partial charge in [0.2, 0.25) is 11.8 Å². The van der Waals surface area contributed by atoms with Crippen molar-refractivity contribution in [3.63, 3.8) is 0 Å². The van der Waals surface area contributed by atoms with E-state index >= 15 is 0 Å². The SMILES string of the molecule is CCC(C)C(=O)N1CCN(C(=O)C2CCC(Cn3c(=O)[nH]c4ccc(Cl)cc43)CC2)CC1. The molecule has 2 fully saturated rings. The minimum absolute atomic E-state index is 0.0493. The molecule has 1 aromatic carbocycles. The summed E-state index contributed by atoms with van der Waals surface area (Å²) in [5.74, 6) is 0.911. The van der Waals surface area contributed by atoms with Gasteiger partial charge in [0, 0.05) is 49.6 Å². The Kier molecular flexibility index (Phi) is 6.93. The van der Waals surface area contributed by atoms with Crippen molar-refractivity contribution in [2.24, 2.45) is 17.8 Å². The first-order valence-electron chi connectivity index (χ1n) is 11.8. The molecule has 2 heterocycles. The van der Waals surface area contributed by atoms with E-state index in [0.29, 0.717) is 43.7 Å². The van der Waals surface area contributed by atoms with Gasteiger partial charge in [0.25, 0.3) is 0 Å². The summed E-state index contributed by atoms with van der Waals surface area (Å²) in [6, 6.07) is 5.44. The maximum absolute atomic E-state index is 13.1. The Hall–Kier alpha value is -2.28. The number of fused-ring (bicyclic) bond motifs is 1. The normalized spacial score (nSPS) is 22.8. The molecule has 174 valence electrons. The Morgan fingerprint density at radius 2 is 1.75 bits per heavy atom. The first kappa shape index (κ1) is 22.9. The molecule has 4 rings (SSSR count). The largest absolute Gasteiger partial charge is 0.339 e. The van der Waals surface area contributed by atoms with Gasteiger partial charge in [-0.3, -0.25) is 14.2 Å². The lowest BCUT2D eigenvalue weighted by atomic mass is 9.81. The fraction of sp³-hybridized carbons (Fsp3) is 0.625. The van der Waals surface area contributed by atoms with Gasteiger partial charge in [-0.2, -0.15) is 0 Å². The molecule has 0 radical (unpaired) electrons. The summed E-state index contributed by atoms with van der Waals surface area (Å²) in [5.41, 5.74) is 1.53. The maximum atomic E-state index is 13.1. The predicted octanol–water partition coefficient (Wildman–Crippen LogP) is 3.51. The van der Waals surface area contributed by atoms with Gasteiger partial charge in [0.1, 0.15) is 0 Å². The van der Waals surface area contributed by atoms with E-state index in [0.717, 1.165) is 43.1 Å². The summed E-state index contributed by atoms with van der Waals surface area (Å²) >= 11 is 6.13. The number of halogens is 1. The van der Waals surface area contributed by atoms with Crippen LogP contribution in [-0.2, 0) is 16.1 Å². The Morgan fingerprint density at radius 3 is 2.41 bits per heavy atom. The average Bonchev–Trinajstić information content (AvgIpc) is 3.12. The molecular formula is C24H33ClN4O3. The van der Waals surface area contributed by atoms with Crippen LogP contribution in [0.2, 0.25) is 5.02 Å². The number of aromatic nitrogens is 2. The van der Waals surface area contributed by atoms with Crippen molar-refractivity contribution in [3.05, 3.63) is 33.7 Å². The summed E-state index contributed by atoms with van der Waals surface area (Å²) < 4.78 is 1.78. The van der Waals surface area contributed by atoms with Crippen LogP contribution >= 0.6 is 11.6 Å². The lowest BCUT2D eigenvalue weighted by molar-refractivity contribution is -0.144. The zero-order valence-corrected chi connectivity index (χ0v) is 19.7. The predicted molar refractivity (Wildman–Crippen MR) is 126 cm³/mol. The summed E-state index contributed by atoms with van der Waals surface area (Å²) in [6.45, 7) is 7.18. The first-order chi connectivity index (χ1) is 15.4. The lowest BCUT2D eigenvalue weighted by Crippen LogP contribution is -2.53. The molecule has 1 aliphatic heterocycles. The Balaban J connectivity index is 1.29. The number of aromatic amines is 1. The van der Waals surface area contributed by atoms with Crippen LogP contribution in [0.15, 0.2) is 23.0 Å². The number of hydrogen-bond donors (Lipinski definition) is 1. The van der Waals surface area contributed by atoms with Crippen molar-refractivity contribution < 1.29 is 9.59 Å².